The van der Waals surface area contributed by atoms with Gasteiger partial charge in [0.1, 0.15) is 0 Å². The van der Waals surface area contributed by atoms with Crippen molar-refractivity contribution in [3.8, 4) is 6.07 Å². The molecule has 1 saturated heterocycles. The van der Waals surface area contributed by atoms with Crippen LogP contribution < -0.4 is 0 Å². The Morgan fingerprint density at radius 1 is 1.00 bits per heavy atom. The third-order valence-corrected chi connectivity index (χ3v) is 7.29. The van der Waals surface area contributed by atoms with Crippen LogP contribution in [-0.2, 0) is 17.9 Å². The maximum Gasteiger partial charge on any atom is 0.293 e. The van der Waals surface area contributed by atoms with Crippen molar-refractivity contribution < 1.29 is 14.5 Å². The molecule has 0 unspecified atom stereocenters. The zero-order valence-electron chi connectivity index (χ0n) is 19.7. The summed E-state index contributed by atoms with van der Waals surface area (Å²) < 4.78 is 2.11. The van der Waals surface area contributed by atoms with Crippen LogP contribution >= 0.6 is 11.8 Å². The van der Waals surface area contributed by atoms with Gasteiger partial charge in [-0.1, -0.05) is 48.5 Å². The van der Waals surface area contributed by atoms with E-state index in [9.17, 15) is 25.0 Å². The molecule has 0 aliphatic carbocycles. The summed E-state index contributed by atoms with van der Waals surface area (Å²) in [5.74, 6) is -0.403. The van der Waals surface area contributed by atoms with E-state index in [0.29, 0.717) is 22.6 Å². The van der Waals surface area contributed by atoms with E-state index in [-0.39, 0.29) is 17.5 Å². The van der Waals surface area contributed by atoms with Crippen LogP contribution in [0.2, 0.25) is 0 Å². The predicted octanol–water partition coefficient (Wildman–Crippen LogP) is 6.01. The molecule has 0 saturated carbocycles. The van der Waals surface area contributed by atoms with Crippen LogP contribution in [0, 0.1) is 28.4 Å². The van der Waals surface area contributed by atoms with Crippen LogP contribution in [0.15, 0.2) is 77.7 Å². The highest BCUT2D eigenvalue weighted by Crippen LogP contribution is 2.36. The van der Waals surface area contributed by atoms with Crippen LogP contribution in [0.5, 0.6) is 0 Å². The molecule has 1 fully saturated rings. The molecule has 3 aromatic carbocycles. The predicted molar refractivity (Wildman–Crippen MR) is 142 cm³/mol. The summed E-state index contributed by atoms with van der Waals surface area (Å²) >= 11 is 0.878. The molecule has 0 atom stereocenters. The van der Waals surface area contributed by atoms with Crippen LogP contribution in [-0.4, -0.2) is 25.5 Å². The Balaban J connectivity index is 1.48. The van der Waals surface area contributed by atoms with Crippen LogP contribution in [0.25, 0.3) is 17.0 Å². The Morgan fingerprint density at radius 3 is 2.43 bits per heavy atom. The van der Waals surface area contributed by atoms with Crippen LogP contribution in [0.4, 0.5) is 10.5 Å². The van der Waals surface area contributed by atoms with E-state index >= 15 is 0 Å². The summed E-state index contributed by atoms with van der Waals surface area (Å²) in [6.45, 7) is 2.49. The van der Waals surface area contributed by atoms with Gasteiger partial charge in [0.2, 0.25) is 0 Å². The number of para-hydroxylation sites is 1. The Labute approximate surface area is 216 Å². The number of carbonyl (C=O) groups is 2. The SMILES string of the molecule is Cc1c(/C=C2\SC(=O)N(Cc3ccc([N+](=O)[O-])cc3)C2=O)c2ccccc2n1Cc1ccccc1C#N. The second-order valence-corrected chi connectivity index (χ2v) is 9.56. The molecule has 2 heterocycles. The van der Waals surface area contributed by atoms with Gasteiger partial charge in [0.25, 0.3) is 16.8 Å². The number of fused-ring (bicyclic) bond motifs is 1. The Hall–Kier alpha value is -4.68. The number of hydrogen-bond donors (Lipinski definition) is 0. The van der Waals surface area contributed by atoms with Gasteiger partial charge < -0.3 is 4.57 Å². The van der Waals surface area contributed by atoms with E-state index in [0.717, 1.165) is 44.4 Å². The minimum absolute atomic E-state index is 0.0334. The van der Waals surface area contributed by atoms with Gasteiger partial charge in [0.15, 0.2) is 0 Å². The third-order valence-electron chi connectivity index (χ3n) is 6.38. The number of carbonyl (C=O) groups excluding carboxylic acids is 2. The van der Waals surface area contributed by atoms with E-state index < -0.39 is 10.8 Å². The first-order valence-electron chi connectivity index (χ1n) is 11.4. The lowest BCUT2D eigenvalue weighted by Crippen LogP contribution is -2.27. The molecule has 0 bridgehead atoms. The second-order valence-electron chi connectivity index (χ2n) is 8.56. The highest BCUT2D eigenvalue weighted by molar-refractivity contribution is 8.18. The number of nitrogens with zero attached hydrogens (tertiary/aromatic N) is 4. The first kappa shape index (κ1) is 24.0. The average molecular weight is 509 g/mol. The van der Waals surface area contributed by atoms with Gasteiger partial charge in [0, 0.05) is 40.8 Å². The number of nitriles is 1. The topological polar surface area (TPSA) is 109 Å². The number of thioether (sulfide) groups is 1. The number of rotatable bonds is 6. The van der Waals surface area contributed by atoms with Gasteiger partial charge in [0.05, 0.1) is 28.0 Å². The highest BCUT2D eigenvalue weighted by Gasteiger charge is 2.35. The average Bonchev–Trinajstić information content (AvgIpc) is 3.32. The minimum Gasteiger partial charge on any atom is -0.340 e. The summed E-state index contributed by atoms with van der Waals surface area (Å²) in [5.41, 5.74) is 4.78. The van der Waals surface area contributed by atoms with Crippen molar-refractivity contribution in [1.29, 1.82) is 5.26 Å². The lowest BCUT2D eigenvalue weighted by atomic mass is 10.1. The molecule has 0 spiro atoms. The molecular weight excluding hydrogens is 488 g/mol. The smallest absolute Gasteiger partial charge is 0.293 e. The molecule has 8 nitrogen and oxygen atoms in total. The standard InChI is InChI=1S/C28H20N4O4S/c1-18-24(23-8-4-5-9-25(23)30(18)17-21-7-3-2-6-20(21)15-29)14-26-27(33)31(28(34)37-26)16-19-10-12-22(13-11-19)32(35)36/h2-14H,16-17H2,1H3/b26-14-. The number of non-ortho nitro benzene ring substituents is 1. The van der Waals surface area contributed by atoms with E-state index in [1.165, 1.54) is 12.1 Å². The number of imide groups is 1. The zero-order valence-corrected chi connectivity index (χ0v) is 20.6. The molecule has 0 N–H and O–H groups in total. The van der Waals surface area contributed by atoms with Gasteiger partial charge in [-0.15, -0.1) is 0 Å². The number of hydrogen-bond acceptors (Lipinski definition) is 6. The fourth-order valence-corrected chi connectivity index (χ4v) is 5.27. The molecule has 1 aromatic heterocycles. The van der Waals surface area contributed by atoms with Crippen molar-refractivity contribution in [1.82, 2.24) is 9.47 Å². The summed E-state index contributed by atoms with van der Waals surface area (Å²) in [7, 11) is 0. The second kappa shape index (κ2) is 9.76. The van der Waals surface area contributed by atoms with E-state index in [4.69, 9.17) is 0 Å². The maximum atomic E-state index is 13.2. The van der Waals surface area contributed by atoms with Crippen molar-refractivity contribution >= 4 is 45.6 Å². The Kier molecular flexibility index (Phi) is 6.34. The van der Waals surface area contributed by atoms with Crippen LogP contribution in [0.3, 0.4) is 0 Å². The fourth-order valence-electron chi connectivity index (χ4n) is 4.45. The normalized spacial score (nSPS) is 14.5. The molecule has 37 heavy (non-hydrogen) atoms. The quantitative estimate of drug-likeness (QED) is 0.179. The van der Waals surface area contributed by atoms with Gasteiger partial charge >= 0.3 is 0 Å². The summed E-state index contributed by atoms with van der Waals surface area (Å²) in [5, 5.41) is 21.0. The lowest BCUT2D eigenvalue weighted by Gasteiger charge is -2.12. The number of amides is 2. The first-order valence-corrected chi connectivity index (χ1v) is 12.2. The molecule has 0 radical (unpaired) electrons. The summed E-state index contributed by atoms with van der Waals surface area (Å²) in [6.07, 6.45) is 1.76. The van der Waals surface area contributed by atoms with Crippen LogP contribution in [0.1, 0.15) is 27.9 Å². The Morgan fingerprint density at radius 2 is 1.70 bits per heavy atom. The highest BCUT2D eigenvalue weighted by atomic mass is 32.2. The first-order chi connectivity index (χ1) is 17.9. The van der Waals surface area contributed by atoms with Crippen molar-refractivity contribution in [3.05, 3.63) is 116 Å². The van der Waals surface area contributed by atoms with E-state index in [1.54, 1.807) is 24.3 Å². The Bertz CT molecular complexity index is 1650. The van der Waals surface area contributed by atoms with Gasteiger partial charge in [-0.05, 0) is 48.0 Å². The number of nitro groups is 1. The van der Waals surface area contributed by atoms with Crippen molar-refractivity contribution in [2.75, 3.05) is 0 Å². The molecule has 182 valence electrons. The van der Waals surface area contributed by atoms with E-state index in [1.807, 2.05) is 49.4 Å². The van der Waals surface area contributed by atoms with E-state index in [2.05, 4.69) is 10.6 Å². The van der Waals surface area contributed by atoms with Crippen molar-refractivity contribution in [2.45, 2.75) is 20.0 Å². The molecular formula is C28H20N4O4S. The molecule has 4 aromatic rings. The zero-order chi connectivity index (χ0) is 26.1. The summed E-state index contributed by atoms with van der Waals surface area (Å²) in [4.78, 5) is 37.8. The molecule has 9 heteroatoms. The number of aromatic nitrogens is 1. The molecule has 5 rings (SSSR count). The van der Waals surface area contributed by atoms with Crippen molar-refractivity contribution in [2.24, 2.45) is 0 Å². The maximum absolute atomic E-state index is 13.2. The number of nitro benzene ring substituents is 1. The van der Waals surface area contributed by atoms with Gasteiger partial charge in [-0.3, -0.25) is 24.6 Å². The van der Waals surface area contributed by atoms with Gasteiger partial charge in [-0.25, -0.2) is 0 Å². The lowest BCUT2D eigenvalue weighted by molar-refractivity contribution is -0.384. The molecule has 2 amide bonds. The molecule has 1 aliphatic heterocycles. The number of benzene rings is 3. The monoisotopic (exact) mass is 508 g/mol. The fraction of sp³-hybridized carbons (Fsp3) is 0.107. The van der Waals surface area contributed by atoms with Gasteiger partial charge in [-0.2, -0.15) is 5.26 Å². The summed E-state index contributed by atoms with van der Waals surface area (Å²) in [6, 6.07) is 23.3. The molecule has 1 aliphatic rings. The van der Waals surface area contributed by atoms with Crippen molar-refractivity contribution in [3.63, 3.8) is 0 Å². The largest absolute Gasteiger partial charge is 0.340 e. The minimum atomic E-state index is -0.496. The third kappa shape index (κ3) is 4.50.